The van der Waals surface area contributed by atoms with Gasteiger partial charge in [0, 0.05) is 20.2 Å². The van der Waals surface area contributed by atoms with Crippen molar-refractivity contribution in [3.8, 4) is 5.75 Å². The van der Waals surface area contributed by atoms with E-state index in [0.29, 0.717) is 0 Å². The fourth-order valence-corrected chi connectivity index (χ4v) is 2.13. The number of rotatable bonds is 7. The molecule has 150 valence electrons. The zero-order valence-corrected chi connectivity index (χ0v) is 16.1. The average molecular weight is 399 g/mol. The van der Waals surface area contributed by atoms with E-state index in [1.165, 1.54) is 19.2 Å². The van der Waals surface area contributed by atoms with Gasteiger partial charge in [-0.1, -0.05) is 6.07 Å². The molecule has 0 saturated carbocycles. The number of carbonyl (C=O) groups excluding carboxylic acids is 1. The van der Waals surface area contributed by atoms with Crippen molar-refractivity contribution in [1.82, 2.24) is 5.32 Å². The molecule has 0 aliphatic rings. The minimum atomic E-state index is -4.55. The lowest BCUT2D eigenvalue weighted by molar-refractivity contribution is -0.138. The molecule has 1 unspecified atom stereocenters. The Balaban J connectivity index is 0.00000625. The van der Waals surface area contributed by atoms with Crippen LogP contribution in [0.1, 0.15) is 38.3 Å². The summed E-state index contributed by atoms with van der Waals surface area (Å²) >= 11 is 0. The number of benzene rings is 1. The van der Waals surface area contributed by atoms with Crippen LogP contribution in [0.3, 0.4) is 0 Å². The molecule has 0 aliphatic heterocycles. The minimum Gasteiger partial charge on any atom is -0.488 e. The summed E-state index contributed by atoms with van der Waals surface area (Å²) in [7, 11) is 1.42. The van der Waals surface area contributed by atoms with Gasteiger partial charge in [0.1, 0.15) is 11.4 Å². The van der Waals surface area contributed by atoms with E-state index in [9.17, 15) is 18.0 Å². The Morgan fingerprint density at radius 1 is 1.27 bits per heavy atom. The lowest BCUT2D eigenvalue weighted by Crippen LogP contribution is -2.32. The highest BCUT2D eigenvalue weighted by atomic mass is 35.5. The van der Waals surface area contributed by atoms with E-state index in [1.807, 2.05) is 0 Å². The first kappa shape index (κ1) is 24.5. The molecule has 1 amide bonds. The van der Waals surface area contributed by atoms with Gasteiger partial charge in [0.25, 0.3) is 0 Å². The van der Waals surface area contributed by atoms with E-state index in [1.54, 1.807) is 20.8 Å². The molecule has 1 rings (SSSR count). The summed E-state index contributed by atoms with van der Waals surface area (Å²) in [6.45, 7) is 5.15. The van der Waals surface area contributed by atoms with Crippen molar-refractivity contribution < 1.29 is 27.4 Å². The van der Waals surface area contributed by atoms with Gasteiger partial charge in [0.2, 0.25) is 5.91 Å². The van der Waals surface area contributed by atoms with E-state index >= 15 is 0 Å². The third-order valence-corrected chi connectivity index (χ3v) is 3.30. The van der Waals surface area contributed by atoms with Crippen molar-refractivity contribution >= 4 is 18.3 Å². The lowest BCUT2D eigenvalue weighted by Gasteiger charge is -2.23. The van der Waals surface area contributed by atoms with Gasteiger partial charge in [-0.3, -0.25) is 4.79 Å². The highest BCUT2D eigenvalue weighted by Gasteiger charge is 2.34. The van der Waals surface area contributed by atoms with Gasteiger partial charge in [-0.15, -0.1) is 12.4 Å². The SMILES string of the molecule is COC(CN)CC(=O)NCc1ccc(OC(C)(C)C)cc1C(F)(F)F.Cl. The van der Waals surface area contributed by atoms with E-state index in [2.05, 4.69) is 5.32 Å². The van der Waals surface area contributed by atoms with Crippen LogP contribution < -0.4 is 15.8 Å². The Morgan fingerprint density at radius 3 is 2.35 bits per heavy atom. The van der Waals surface area contributed by atoms with Crippen molar-refractivity contribution in [3.63, 3.8) is 0 Å². The molecule has 0 radical (unpaired) electrons. The van der Waals surface area contributed by atoms with E-state index < -0.39 is 29.4 Å². The van der Waals surface area contributed by atoms with Crippen LogP contribution in [0.4, 0.5) is 13.2 Å². The van der Waals surface area contributed by atoms with Gasteiger partial charge in [-0.25, -0.2) is 0 Å². The third kappa shape index (κ3) is 8.25. The fraction of sp³-hybridized carbons (Fsp3) is 0.588. The fourth-order valence-electron chi connectivity index (χ4n) is 2.13. The van der Waals surface area contributed by atoms with Gasteiger partial charge >= 0.3 is 6.18 Å². The summed E-state index contributed by atoms with van der Waals surface area (Å²) < 4.78 is 50.4. The molecule has 0 fully saturated rings. The summed E-state index contributed by atoms with van der Waals surface area (Å²) in [4.78, 5) is 11.8. The molecular formula is C17H26ClF3N2O3. The number of hydrogen-bond acceptors (Lipinski definition) is 4. The first-order chi connectivity index (χ1) is 11.5. The highest BCUT2D eigenvalue weighted by Crippen LogP contribution is 2.35. The molecule has 1 aromatic carbocycles. The van der Waals surface area contributed by atoms with Crippen LogP contribution in [0.5, 0.6) is 5.75 Å². The minimum absolute atomic E-state index is 0. The number of amides is 1. The standard InChI is InChI=1S/C17H25F3N2O3.ClH/c1-16(2,3)25-12-6-5-11(14(7-12)17(18,19)20)10-22-15(23)8-13(9-21)24-4;/h5-7,13H,8-10,21H2,1-4H3,(H,22,23);1H. The van der Waals surface area contributed by atoms with Crippen molar-refractivity contribution in [2.24, 2.45) is 5.73 Å². The van der Waals surface area contributed by atoms with E-state index in [0.717, 1.165) is 6.07 Å². The summed E-state index contributed by atoms with van der Waals surface area (Å²) in [5.41, 5.74) is 3.93. The van der Waals surface area contributed by atoms with Gasteiger partial charge < -0.3 is 20.5 Å². The second-order valence-electron chi connectivity index (χ2n) is 6.61. The smallest absolute Gasteiger partial charge is 0.416 e. The number of nitrogens with two attached hydrogens (primary N) is 1. The van der Waals surface area contributed by atoms with Crippen molar-refractivity contribution in [2.75, 3.05) is 13.7 Å². The second kappa shape index (κ2) is 9.99. The number of hydrogen-bond donors (Lipinski definition) is 2. The van der Waals surface area contributed by atoms with Crippen LogP contribution in [-0.4, -0.2) is 31.3 Å². The second-order valence-corrected chi connectivity index (χ2v) is 6.61. The van der Waals surface area contributed by atoms with Gasteiger partial charge in [0.05, 0.1) is 18.1 Å². The number of halogens is 4. The molecule has 0 heterocycles. The first-order valence-corrected chi connectivity index (χ1v) is 7.85. The Hall–Kier alpha value is -1.51. The number of alkyl halides is 3. The molecule has 0 bridgehead atoms. The predicted octanol–water partition coefficient (Wildman–Crippen LogP) is 3.28. The van der Waals surface area contributed by atoms with Gasteiger partial charge in [0.15, 0.2) is 0 Å². The molecular weight excluding hydrogens is 373 g/mol. The Labute approximate surface area is 157 Å². The highest BCUT2D eigenvalue weighted by molar-refractivity contribution is 5.85. The van der Waals surface area contributed by atoms with Gasteiger partial charge in [-0.2, -0.15) is 13.2 Å². The van der Waals surface area contributed by atoms with Crippen LogP contribution in [-0.2, 0) is 22.3 Å². The maximum absolute atomic E-state index is 13.3. The molecule has 1 aromatic rings. The number of nitrogens with one attached hydrogen (secondary N) is 1. The zero-order valence-electron chi connectivity index (χ0n) is 15.3. The van der Waals surface area contributed by atoms with Crippen molar-refractivity contribution in [3.05, 3.63) is 29.3 Å². The zero-order chi connectivity index (χ0) is 19.3. The van der Waals surface area contributed by atoms with Crippen LogP contribution in [0.2, 0.25) is 0 Å². The van der Waals surface area contributed by atoms with E-state index in [4.69, 9.17) is 15.2 Å². The molecule has 26 heavy (non-hydrogen) atoms. The van der Waals surface area contributed by atoms with Crippen LogP contribution in [0.25, 0.3) is 0 Å². The quantitative estimate of drug-likeness (QED) is 0.739. The predicted molar refractivity (Wildman–Crippen MR) is 95.4 cm³/mol. The largest absolute Gasteiger partial charge is 0.488 e. The number of methoxy groups -OCH3 is 1. The van der Waals surface area contributed by atoms with Crippen LogP contribution in [0, 0.1) is 0 Å². The molecule has 9 heteroatoms. The summed E-state index contributed by atoms with van der Waals surface area (Å²) in [6, 6.07) is 3.71. The molecule has 5 nitrogen and oxygen atoms in total. The number of ether oxygens (including phenoxy) is 2. The number of carbonyl (C=O) groups is 1. The topological polar surface area (TPSA) is 73.6 Å². The molecule has 0 aromatic heterocycles. The molecule has 1 atom stereocenters. The Bertz CT molecular complexity index is 586. The average Bonchev–Trinajstić information content (AvgIpc) is 2.48. The van der Waals surface area contributed by atoms with Crippen LogP contribution in [0.15, 0.2) is 18.2 Å². The summed E-state index contributed by atoms with van der Waals surface area (Å²) in [6.07, 6.45) is -5.03. The molecule has 0 aliphatic carbocycles. The van der Waals surface area contributed by atoms with Crippen molar-refractivity contribution in [2.45, 2.75) is 51.6 Å². The monoisotopic (exact) mass is 398 g/mol. The maximum atomic E-state index is 13.3. The summed E-state index contributed by atoms with van der Waals surface area (Å²) in [5.74, 6) is -0.307. The Morgan fingerprint density at radius 2 is 1.88 bits per heavy atom. The Kier molecular flexibility index (Phi) is 9.41. The van der Waals surface area contributed by atoms with Gasteiger partial charge in [-0.05, 0) is 38.5 Å². The normalized spacial score (nSPS) is 12.9. The lowest BCUT2D eigenvalue weighted by atomic mass is 10.1. The first-order valence-electron chi connectivity index (χ1n) is 7.85. The van der Waals surface area contributed by atoms with E-state index in [-0.39, 0.29) is 43.2 Å². The van der Waals surface area contributed by atoms with Crippen LogP contribution >= 0.6 is 12.4 Å². The molecule has 0 saturated heterocycles. The molecule has 0 spiro atoms. The summed E-state index contributed by atoms with van der Waals surface area (Å²) in [5, 5.41) is 2.46. The van der Waals surface area contributed by atoms with Crippen molar-refractivity contribution in [1.29, 1.82) is 0 Å². The molecule has 3 N–H and O–H groups in total. The third-order valence-electron chi connectivity index (χ3n) is 3.30. The maximum Gasteiger partial charge on any atom is 0.416 e.